The molecule has 1 amide bonds. The number of hydrogen-bond donors (Lipinski definition) is 1. The van der Waals surface area contributed by atoms with E-state index in [4.69, 9.17) is 4.74 Å². The Kier molecular flexibility index (Phi) is 5.38. The standard InChI is InChI=1S/C24H34FN3O2.H2/c1-2-30-23(29)28-19-4-3-5-20(28)13-17(12-19)15-27-10-8-24(9-11-27)16-26-22-7-6-18(25)14-21(22)24;/h6-7,14,17,19-20,26H,2-5,8-13,15-16H2,1H3;1H. The van der Waals surface area contributed by atoms with Gasteiger partial charge in [-0.1, -0.05) is 0 Å². The first-order valence-corrected chi connectivity index (χ1v) is 11.8. The highest BCUT2D eigenvalue weighted by Gasteiger charge is 2.44. The summed E-state index contributed by atoms with van der Waals surface area (Å²) >= 11 is 0. The molecule has 0 saturated carbocycles. The highest BCUT2D eigenvalue weighted by molar-refractivity contribution is 5.69. The smallest absolute Gasteiger partial charge is 0.410 e. The maximum atomic E-state index is 13.9. The summed E-state index contributed by atoms with van der Waals surface area (Å²) in [4.78, 5) is 17.1. The van der Waals surface area contributed by atoms with Crippen molar-refractivity contribution in [2.24, 2.45) is 5.92 Å². The topological polar surface area (TPSA) is 44.8 Å². The molecule has 6 heteroatoms. The molecule has 1 aromatic rings. The molecule has 3 fully saturated rings. The number of piperidine rings is 3. The Balaban J connectivity index is 0.00000231. The highest BCUT2D eigenvalue weighted by atomic mass is 19.1. The van der Waals surface area contributed by atoms with Crippen LogP contribution in [-0.2, 0) is 10.2 Å². The SMILES string of the molecule is CCOC(=O)N1C2CCCC1CC(CN1CCC3(CC1)CNc1ccc(F)cc13)C2.[HH]. The lowest BCUT2D eigenvalue weighted by Crippen LogP contribution is -2.56. The average Bonchev–Trinajstić information content (AvgIpc) is 3.07. The molecule has 1 aromatic carbocycles. The molecule has 4 heterocycles. The van der Waals surface area contributed by atoms with Crippen molar-refractivity contribution in [2.75, 3.05) is 38.1 Å². The van der Waals surface area contributed by atoms with Crippen LogP contribution < -0.4 is 5.32 Å². The third-order valence-electron chi connectivity index (χ3n) is 8.05. The van der Waals surface area contributed by atoms with Gasteiger partial charge in [0.2, 0.25) is 0 Å². The summed E-state index contributed by atoms with van der Waals surface area (Å²) in [5, 5.41) is 3.50. The van der Waals surface area contributed by atoms with E-state index in [9.17, 15) is 9.18 Å². The first kappa shape index (κ1) is 20.1. The van der Waals surface area contributed by atoms with Crippen molar-refractivity contribution in [2.45, 2.75) is 69.4 Å². The van der Waals surface area contributed by atoms with Crippen LogP contribution >= 0.6 is 0 Å². The Morgan fingerprint density at radius 3 is 2.70 bits per heavy atom. The number of carbonyl (C=O) groups excluding carboxylic acids is 1. The molecular formula is C24H36FN3O2. The average molecular weight is 418 g/mol. The van der Waals surface area contributed by atoms with Gasteiger partial charge in [0, 0.05) is 37.7 Å². The van der Waals surface area contributed by atoms with Crippen molar-refractivity contribution in [1.82, 2.24) is 9.80 Å². The molecule has 5 nitrogen and oxygen atoms in total. The summed E-state index contributed by atoms with van der Waals surface area (Å²) in [7, 11) is 0. The number of halogens is 1. The van der Waals surface area contributed by atoms with Gasteiger partial charge in [-0.3, -0.25) is 0 Å². The fourth-order valence-corrected chi connectivity index (χ4v) is 6.58. The molecule has 0 radical (unpaired) electrons. The van der Waals surface area contributed by atoms with Crippen LogP contribution in [0.25, 0.3) is 0 Å². The van der Waals surface area contributed by atoms with E-state index in [0.29, 0.717) is 24.6 Å². The number of benzene rings is 1. The van der Waals surface area contributed by atoms with Crippen molar-refractivity contribution < 1.29 is 15.3 Å². The van der Waals surface area contributed by atoms with E-state index in [0.717, 1.165) is 70.4 Å². The van der Waals surface area contributed by atoms with Gasteiger partial charge in [0.05, 0.1) is 6.61 Å². The maximum absolute atomic E-state index is 13.9. The minimum atomic E-state index is -0.126. The molecule has 0 aromatic heterocycles. The van der Waals surface area contributed by atoms with Crippen LogP contribution in [0, 0.1) is 11.7 Å². The van der Waals surface area contributed by atoms with Gasteiger partial charge in [0.1, 0.15) is 5.82 Å². The summed E-state index contributed by atoms with van der Waals surface area (Å²) < 4.78 is 19.2. The van der Waals surface area contributed by atoms with E-state index in [1.807, 2.05) is 13.0 Å². The van der Waals surface area contributed by atoms with Crippen molar-refractivity contribution in [3.8, 4) is 0 Å². The molecule has 2 atom stereocenters. The molecular weight excluding hydrogens is 381 g/mol. The number of rotatable bonds is 3. The minimum Gasteiger partial charge on any atom is -0.450 e. The molecule has 166 valence electrons. The number of carbonyl (C=O) groups is 1. The van der Waals surface area contributed by atoms with Gasteiger partial charge < -0.3 is 19.9 Å². The number of anilines is 1. The minimum absolute atomic E-state index is 0. The second-order valence-electron chi connectivity index (χ2n) is 9.81. The lowest BCUT2D eigenvalue weighted by atomic mass is 9.73. The van der Waals surface area contributed by atoms with E-state index in [1.165, 1.54) is 12.0 Å². The van der Waals surface area contributed by atoms with E-state index in [2.05, 4.69) is 15.1 Å². The van der Waals surface area contributed by atoms with Gasteiger partial charge in [-0.15, -0.1) is 0 Å². The van der Waals surface area contributed by atoms with Crippen LogP contribution in [0.15, 0.2) is 18.2 Å². The Hall–Kier alpha value is -1.82. The summed E-state index contributed by atoms with van der Waals surface area (Å²) in [5.74, 6) is 0.533. The molecule has 5 rings (SSSR count). The predicted octanol–water partition coefficient (Wildman–Crippen LogP) is 4.62. The summed E-state index contributed by atoms with van der Waals surface area (Å²) in [6.07, 6.45) is 7.74. The van der Waals surface area contributed by atoms with Crippen LogP contribution in [0.1, 0.15) is 58.9 Å². The number of amides is 1. The molecule has 1 N–H and O–H groups in total. The number of ether oxygens (including phenoxy) is 1. The molecule has 30 heavy (non-hydrogen) atoms. The molecule has 2 unspecified atom stereocenters. The lowest BCUT2D eigenvalue weighted by molar-refractivity contribution is -0.00135. The molecule has 4 aliphatic rings. The van der Waals surface area contributed by atoms with Crippen molar-refractivity contribution in [3.63, 3.8) is 0 Å². The lowest BCUT2D eigenvalue weighted by Gasteiger charge is -2.49. The van der Waals surface area contributed by atoms with E-state index in [-0.39, 0.29) is 18.8 Å². The maximum Gasteiger partial charge on any atom is 0.410 e. The summed E-state index contributed by atoms with van der Waals surface area (Å²) in [5.41, 5.74) is 2.39. The molecule has 0 aliphatic carbocycles. The van der Waals surface area contributed by atoms with Crippen LogP contribution in [0.5, 0.6) is 0 Å². The van der Waals surface area contributed by atoms with Crippen LogP contribution in [0.4, 0.5) is 14.9 Å². The normalized spacial score (nSPS) is 30.1. The van der Waals surface area contributed by atoms with Crippen molar-refractivity contribution in [3.05, 3.63) is 29.6 Å². The highest BCUT2D eigenvalue weighted by Crippen LogP contribution is 2.45. The Labute approximate surface area is 180 Å². The van der Waals surface area contributed by atoms with E-state index in [1.54, 1.807) is 12.1 Å². The molecule has 4 aliphatic heterocycles. The Bertz CT molecular complexity index is 785. The van der Waals surface area contributed by atoms with Gasteiger partial charge in [0.25, 0.3) is 0 Å². The van der Waals surface area contributed by atoms with Crippen LogP contribution in [0.2, 0.25) is 0 Å². The third kappa shape index (κ3) is 3.57. The van der Waals surface area contributed by atoms with Crippen molar-refractivity contribution >= 4 is 11.8 Å². The first-order valence-electron chi connectivity index (χ1n) is 11.8. The van der Waals surface area contributed by atoms with Crippen LogP contribution in [-0.4, -0.2) is 60.8 Å². The van der Waals surface area contributed by atoms with Gasteiger partial charge in [-0.25, -0.2) is 9.18 Å². The zero-order valence-electron chi connectivity index (χ0n) is 18.0. The predicted molar refractivity (Wildman–Crippen MR) is 117 cm³/mol. The van der Waals surface area contributed by atoms with Gasteiger partial charge >= 0.3 is 6.09 Å². The fraction of sp³-hybridized carbons (Fsp3) is 0.708. The fourth-order valence-electron chi connectivity index (χ4n) is 6.58. The number of nitrogens with one attached hydrogen (secondary N) is 1. The number of nitrogens with zero attached hydrogens (tertiary/aromatic N) is 2. The summed E-state index contributed by atoms with van der Waals surface area (Å²) in [6, 6.07) is 5.90. The zero-order chi connectivity index (χ0) is 20.7. The van der Waals surface area contributed by atoms with E-state index >= 15 is 0 Å². The van der Waals surface area contributed by atoms with Crippen molar-refractivity contribution in [1.29, 1.82) is 0 Å². The first-order chi connectivity index (χ1) is 14.6. The van der Waals surface area contributed by atoms with Gasteiger partial charge in [-0.2, -0.15) is 0 Å². The number of hydrogen-bond acceptors (Lipinski definition) is 4. The van der Waals surface area contributed by atoms with Crippen LogP contribution in [0.3, 0.4) is 0 Å². The molecule has 3 saturated heterocycles. The second-order valence-corrected chi connectivity index (χ2v) is 9.81. The van der Waals surface area contributed by atoms with Gasteiger partial charge in [-0.05, 0) is 94.6 Å². The third-order valence-corrected chi connectivity index (χ3v) is 8.05. The largest absolute Gasteiger partial charge is 0.450 e. The zero-order valence-corrected chi connectivity index (χ0v) is 18.0. The summed E-state index contributed by atoms with van der Waals surface area (Å²) in [6.45, 7) is 6.55. The second kappa shape index (κ2) is 8.03. The number of likely N-dealkylation sites (tertiary alicyclic amines) is 1. The number of fused-ring (bicyclic) bond motifs is 4. The molecule has 2 bridgehead atoms. The Morgan fingerprint density at radius 2 is 2.00 bits per heavy atom. The van der Waals surface area contributed by atoms with Gasteiger partial charge in [0.15, 0.2) is 0 Å². The Morgan fingerprint density at radius 1 is 1.27 bits per heavy atom. The molecule has 1 spiro atoms. The van der Waals surface area contributed by atoms with E-state index < -0.39 is 0 Å². The monoisotopic (exact) mass is 417 g/mol. The quantitative estimate of drug-likeness (QED) is 0.779.